The number of aromatic nitrogens is 2. The average Bonchev–Trinajstić information content (AvgIpc) is 2.78. The zero-order valence-corrected chi connectivity index (χ0v) is 14.7. The van der Waals surface area contributed by atoms with Gasteiger partial charge in [-0.25, -0.2) is 4.98 Å². The van der Waals surface area contributed by atoms with E-state index in [1.54, 1.807) is 0 Å². The van der Waals surface area contributed by atoms with Gasteiger partial charge in [0.2, 0.25) is 0 Å². The lowest BCUT2D eigenvalue weighted by molar-refractivity contribution is 0.245. The number of thioether (sulfide) groups is 1. The standard InChI is InChI=1S/C16H23ClN2OS/c1-11(2)20-14-7-5-6-13-16(14)18-15(8-9-17)19(13)10-12(3)21-4/h5-7,11-12H,8-10H2,1-4H3. The molecule has 3 nitrogen and oxygen atoms in total. The van der Waals surface area contributed by atoms with E-state index in [4.69, 9.17) is 21.3 Å². The first-order valence-electron chi connectivity index (χ1n) is 7.30. The third kappa shape index (κ3) is 3.86. The molecule has 0 N–H and O–H groups in total. The molecule has 0 saturated carbocycles. The number of halogens is 1. The summed E-state index contributed by atoms with van der Waals surface area (Å²) in [6.45, 7) is 7.24. The first kappa shape index (κ1) is 16.5. The molecular formula is C16H23ClN2OS. The van der Waals surface area contributed by atoms with Crippen molar-refractivity contribution in [3.8, 4) is 5.75 Å². The van der Waals surface area contributed by atoms with Crippen LogP contribution in [0.2, 0.25) is 0 Å². The summed E-state index contributed by atoms with van der Waals surface area (Å²) >= 11 is 7.80. The quantitative estimate of drug-likeness (QED) is 0.707. The van der Waals surface area contributed by atoms with Crippen molar-refractivity contribution in [1.82, 2.24) is 9.55 Å². The van der Waals surface area contributed by atoms with E-state index in [0.717, 1.165) is 35.6 Å². The molecule has 1 unspecified atom stereocenters. The largest absolute Gasteiger partial charge is 0.489 e. The molecule has 0 fully saturated rings. The smallest absolute Gasteiger partial charge is 0.147 e. The van der Waals surface area contributed by atoms with E-state index in [0.29, 0.717) is 11.1 Å². The van der Waals surface area contributed by atoms with Gasteiger partial charge in [-0.1, -0.05) is 13.0 Å². The maximum atomic E-state index is 5.94. The van der Waals surface area contributed by atoms with Crippen molar-refractivity contribution in [1.29, 1.82) is 0 Å². The number of ether oxygens (including phenoxy) is 1. The first-order chi connectivity index (χ1) is 10.1. The van der Waals surface area contributed by atoms with Crippen LogP contribution in [0.1, 0.15) is 26.6 Å². The van der Waals surface area contributed by atoms with Gasteiger partial charge in [0.25, 0.3) is 0 Å². The molecule has 2 rings (SSSR count). The van der Waals surface area contributed by atoms with E-state index in [2.05, 4.69) is 23.8 Å². The van der Waals surface area contributed by atoms with Crippen LogP contribution in [0.5, 0.6) is 5.75 Å². The van der Waals surface area contributed by atoms with Crippen LogP contribution in [0, 0.1) is 0 Å². The van der Waals surface area contributed by atoms with Crippen molar-refractivity contribution in [3.63, 3.8) is 0 Å². The summed E-state index contributed by atoms with van der Waals surface area (Å²) in [6.07, 6.45) is 3.05. The van der Waals surface area contributed by atoms with Crippen LogP contribution in [0.25, 0.3) is 11.0 Å². The zero-order valence-electron chi connectivity index (χ0n) is 13.1. The van der Waals surface area contributed by atoms with Gasteiger partial charge in [0.05, 0.1) is 11.6 Å². The second-order valence-electron chi connectivity index (χ2n) is 5.41. The Morgan fingerprint density at radius 1 is 1.33 bits per heavy atom. The first-order valence-corrected chi connectivity index (χ1v) is 9.12. The van der Waals surface area contributed by atoms with Crippen molar-refractivity contribution in [3.05, 3.63) is 24.0 Å². The number of hydrogen-bond donors (Lipinski definition) is 0. The van der Waals surface area contributed by atoms with Crippen LogP contribution in [0.15, 0.2) is 18.2 Å². The minimum Gasteiger partial charge on any atom is -0.489 e. The Labute approximate surface area is 136 Å². The van der Waals surface area contributed by atoms with Gasteiger partial charge in [-0.05, 0) is 32.2 Å². The van der Waals surface area contributed by atoms with Gasteiger partial charge in [0.1, 0.15) is 17.1 Å². The molecule has 21 heavy (non-hydrogen) atoms. The number of alkyl halides is 1. The second-order valence-corrected chi connectivity index (χ2v) is 7.07. The number of fused-ring (bicyclic) bond motifs is 1. The van der Waals surface area contributed by atoms with Crippen molar-refractivity contribution < 1.29 is 4.74 Å². The van der Waals surface area contributed by atoms with Crippen LogP contribution in [0.3, 0.4) is 0 Å². The minimum absolute atomic E-state index is 0.141. The summed E-state index contributed by atoms with van der Waals surface area (Å²) in [5, 5.41) is 0.533. The maximum absolute atomic E-state index is 5.94. The lowest BCUT2D eigenvalue weighted by Gasteiger charge is -2.13. The fraction of sp³-hybridized carbons (Fsp3) is 0.562. The summed E-state index contributed by atoms with van der Waals surface area (Å²) in [5.41, 5.74) is 2.08. The van der Waals surface area contributed by atoms with E-state index in [-0.39, 0.29) is 6.10 Å². The normalized spacial score (nSPS) is 13.0. The highest BCUT2D eigenvalue weighted by Gasteiger charge is 2.16. The monoisotopic (exact) mass is 326 g/mol. The fourth-order valence-electron chi connectivity index (χ4n) is 2.33. The minimum atomic E-state index is 0.141. The molecule has 0 spiro atoms. The molecule has 0 aliphatic rings. The molecule has 0 radical (unpaired) electrons. The maximum Gasteiger partial charge on any atom is 0.147 e. The van der Waals surface area contributed by atoms with E-state index >= 15 is 0 Å². The zero-order chi connectivity index (χ0) is 15.4. The Morgan fingerprint density at radius 3 is 2.71 bits per heavy atom. The number of imidazole rings is 1. The molecule has 5 heteroatoms. The summed E-state index contributed by atoms with van der Waals surface area (Å²) < 4.78 is 8.18. The van der Waals surface area contributed by atoms with Gasteiger partial charge in [0, 0.05) is 24.1 Å². The summed E-state index contributed by atoms with van der Waals surface area (Å²) in [6, 6.07) is 6.13. The van der Waals surface area contributed by atoms with E-state index in [1.165, 1.54) is 0 Å². The summed E-state index contributed by atoms with van der Waals surface area (Å²) in [4.78, 5) is 4.79. The molecule has 0 aliphatic carbocycles. The average molecular weight is 327 g/mol. The SMILES string of the molecule is CSC(C)Cn1c(CCCl)nc2c(OC(C)C)cccc21. The summed E-state index contributed by atoms with van der Waals surface area (Å²) in [7, 11) is 0. The Balaban J connectivity index is 2.50. The molecule has 1 heterocycles. The summed E-state index contributed by atoms with van der Waals surface area (Å²) in [5.74, 6) is 2.48. The van der Waals surface area contributed by atoms with Gasteiger partial charge in [-0.3, -0.25) is 0 Å². The van der Waals surface area contributed by atoms with Gasteiger partial charge in [-0.2, -0.15) is 11.8 Å². The number of aryl methyl sites for hydroxylation is 1. The Hall–Kier alpha value is -0.870. The number of para-hydroxylation sites is 1. The van der Waals surface area contributed by atoms with Crippen molar-refractivity contribution in [2.24, 2.45) is 0 Å². The van der Waals surface area contributed by atoms with Crippen LogP contribution in [-0.2, 0) is 13.0 Å². The van der Waals surface area contributed by atoms with E-state index in [1.807, 2.05) is 37.7 Å². The molecule has 1 aromatic carbocycles. The highest BCUT2D eigenvalue weighted by atomic mass is 35.5. The van der Waals surface area contributed by atoms with Gasteiger partial charge < -0.3 is 9.30 Å². The van der Waals surface area contributed by atoms with Crippen molar-refractivity contribution in [2.75, 3.05) is 12.1 Å². The van der Waals surface area contributed by atoms with Crippen molar-refractivity contribution >= 4 is 34.4 Å². The Morgan fingerprint density at radius 2 is 2.10 bits per heavy atom. The second kappa shape index (κ2) is 7.41. The van der Waals surface area contributed by atoms with Crippen LogP contribution >= 0.6 is 23.4 Å². The van der Waals surface area contributed by atoms with Crippen LogP contribution in [-0.4, -0.2) is 33.0 Å². The molecular weight excluding hydrogens is 304 g/mol. The predicted octanol–water partition coefficient (Wildman–Crippen LogP) is 4.36. The third-order valence-corrected chi connectivity index (χ3v) is 4.49. The molecule has 0 bridgehead atoms. The molecule has 116 valence electrons. The number of nitrogens with zero attached hydrogens (tertiary/aromatic N) is 2. The van der Waals surface area contributed by atoms with E-state index < -0.39 is 0 Å². The highest BCUT2D eigenvalue weighted by Crippen LogP contribution is 2.28. The van der Waals surface area contributed by atoms with Crippen LogP contribution < -0.4 is 4.74 Å². The van der Waals surface area contributed by atoms with Gasteiger partial charge in [0.15, 0.2) is 0 Å². The lowest BCUT2D eigenvalue weighted by Crippen LogP contribution is -2.12. The fourth-order valence-corrected chi connectivity index (χ4v) is 2.80. The lowest BCUT2D eigenvalue weighted by atomic mass is 10.3. The predicted molar refractivity (Wildman–Crippen MR) is 92.9 cm³/mol. The van der Waals surface area contributed by atoms with Gasteiger partial charge in [-0.15, -0.1) is 11.6 Å². The molecule has 0 aliphatic heterocycles. The molecule has 2 aromatic rings. The topological polar surface area (TPSA) is 27.1 Å². The molecule has 1 atom stereocenters. The number of rotatable bonds is 7. The Kier molecular flexibility index (Phi) is 5.82. The Bertz CT molecular complexity index is 597. The number of hydrogen-bond acceptors (Lipinski definition) is 3. The third-order valence-electron chi connectivity index (χ3n) is 3.34. The van der Waals surface area contributed by atoms with Crippen LogP contribution in [0.4, 0.5) is 0 Å². The molecule has 1 aromatic heterocycles. The number of benzene rings is 1. The molecule has 0 amide bonds. The molecule has 0 saturated heterocycles. The highest BCUT2D eigenvalue weighted by molar-refractivity contribution is 7.99. The van der Waals surface area contributed by atoms with Crippen molar-refractivity contribution in [2.45, 2.75) is 45.1 Å². The van der Waals surface area contributed by atoms with Gasteiger partial charge >= 0.3 is 0 Å². The van der Waals surface area contributed by atoms with E-state index in [9.17, 15) is 0 Å².